The van der Waals surface area contributed by atoms with Gasteiger partial charge in [-0.15, -0.1) is 0 Å². The molecule has 0 bridgehead atoms. The molecule has 1 aliphatic carbocycles. The molecule has 2 aromatic rings. The van der Waals surface area contributed by atoms with Crippen molar-refractivity contribution in [1.29, 1.82) is 0 Å². The molecule has 0 aliphatic heterocycles. The van der Waals surface area contributed by atoms with Gasteiger partial charge in [-0.2, -0.15) is 0 Å². The van der Waals surface area contributed by atoms with Crippen molar-refractivity contribution in [3.05, 3.63) is 59.9 Å². The van der Waals surface area contributed by atoms with E-state index in [9.17, 15) is 9.90 Å². The number of carbonyl (C=O) groups is 1. The van der Waals surface area contributed by atoms with E-state index in [1.54, 1.807) is 18.3 Å². The second-order valence-corrected chi connectivity index (χ2v) is 6.03. The van der Waals surface area contributed by atoms with Gasteiger partial charge in [0.05, 0.1) is 5.60 Å². The van der Waals surface area contributed by atoms with Crippen molar-refractivity contribution >= 4 is 11.6 Å². The number of benzene rings is 1. The SMILES string of the molecule is O=C(NCc1ccccc1)c1cc(NCC2(O)CCC2)ccn1. The number of nitrogens with zero attached hydrogens (tertiary/aromatic N) is 1. The topological polar surface area (TPSA) is 74.2 Å². The van der Waals surface area contributed by atoms with Crippen molar-refractivity contribution in [2.75, 3.05) is 11.9 Å². The van der Waals surface area contributed by atoms with Crippen molar-refractivity contribution < 1.29 is 9.90 Å². The Morgan fingerprint density at radius 3 is 2.70 bits per heavy atom. The predicted molar refractivity (Wildman–Crippen MR) is 89.1 cm³/mol. The zero-order chi connectivity index (χ0) is 16.1. The first-order chi connectivity index (χ1) is 11.1. The van der Waals surface area contributed by atoms with Crippen LogP contribution in [-0.4, -0.2) is 28.1 Å². The van der Waals surface area contributed by atoms with Crippen LogP contribution in [0.4, 0.5) is 5.69 Å². The van der Waals surface area contributed by atoms with Crippen LogP contribution in [0.5, 0.6) is 0 Å². The number of pyridine rings is 1. The van der Waals surface area contributed by atoms with E-state index < -0.39 is 5.60 Å². The molecule has 1 aliphatic rings. The van der Waals surface area contributed by atoms with Crippen molar-refractivity contribution in [3.63, 3.8) is 0 Å². The van der Waals surface area contributed by atoms with E-state index in [1.807, 2.05) is 30.3 Å². The smallest absolute Gasteiger partial charge is 0.270 e. The Morgan fingerprint density at radius 2 is 2.00 bits per heavy atom. The molecule has 120 valence electrons. The van der Waals surface area contributed by atoms with Crippen LogP contribution in [0.1, 0.15) is 35.3 Å². The van der Waals surface area contributed by atoms with Crippen molar-refractivity contribution in [2.24, 2.45) is 0 Å². The number of aliphatic hydroxyl groups is 1. The molecule has 0 spiro atoms. The van der Waals surface area contributed by atoms with Crippen LogP contribution in [0.2, 0.25) is 0 Å². The van der Waals surface area contributed by atoms with E-state index in [0.717, 1.165) is 30.5 Å². The van der Waals surface area contributed by atoms with Crippen LogP contribution < -0.4 is 10.6 Å². The lowest BCUT2D eigenvalue weighted by molar-refractivity contribution is -0.0201. The Balaban J connectivity index is 1.56. The average Bonchev–Trinajstić information content (AvgIpc) is 2.57. The number of carbonyl (C=O) groups excluding carboxylic acids is 1. The number of hydrogen-bond donors (Lipinski definition) is 3. The van der Waals surface area contributed by atoms with E-state index >= 15 is 0 Å². The lowest BCUT2D eigenvalue weighted by Crippen LogP contribution is -2.43. The summed E-state index contributed by atoms with van der Waals surface area (Å²) in [6, 6.07) is 13.3. The fourth-order valence-corrected chi connectivity index (χ4v) is 2.56. The maximum absolute atomic E-state index is 12.2. The fraction of sp³-hybridized carbons (Fsp3) is 0.333. The van der Waals surface area contributed by atoms with E-state index in [-0.39, 0.29) is 5.91 Å². The first-order valence-electron chi connectivity index (χ1n) is 7.89. The van der Waals surface area contributed by atoms with Gasteiger partial charge in [-0.1, -0.05) is 30.3 Å². The molecule has 0 atom stereocenters. The third-order valence-electron chi connectivity index (χ3n) is 4.19. The van der Waals surface area contributed by atoms with Crippen LogP contribution in [0.25, 0.3) is 0 Å². The molecule has 1 amide bonds. The minimum atomic E-state index is -0.598. The van der Waals surface area contributed by atoms with Gasteiger partial charge in [0.1, 0.15) is 5.69 Å². The number of hydrogen-bond acceptors (Lipinski definition) is 4. The number of aromatic nitrogens is 1. The maximum Gasteiger partial charge on any atom is 0.270 e. The maximum atomic E-state index is 12.2. The monoisotopic (exact) mass is 311 g/mol. The van der Waals surface area contributed by atoms with Crippen LogP contribution in [0.15, 0.2) is 48.7 Å². The van der Waals surface area contributed by atoms with Crippen molar-refractivity contribution in [1.82, 2.24) is 10.3 Å². The van der Waals surface area contributed by atoms with E-state index in [1.165, 1.54) is 0 Å². The van der Waals surface area contributed by atoms with Gasteiger partial charge >= 0.3 is 0 Å². The van der Waals surface area contributed by atoms with Gasteiger partial charge in [0.25, 0.3) is 5.91 Å². The molecule has 0 saturated heterocycles. The Morgan fingerprint density at radius 1 is 1.22 bits per heavy atom. The molecule has 3 rings (SSSR count). The van der Waals surface area contributed by atoms with Gasteiger partial charge in [-0.05, 0) is 37.0 Å². The summed E-state index contributed by atoms with van der Waals surface area (Å²) >= 11 is 0. The third kappa shape index (κ3) is 4.07. The number of nitrogens with one attached hydrogen (secondary N) is 2. The van der Waals surface area contributed by atoms with Crippen LogP contribution in [0.3, 0.4) is 0 Å². The quantitative estimate of drug-likeness (QED) is 0.765. The lowest BCUT2D eigenvalue weighted by Gasteiger charge is -2.36. The predicted octanol–water partition coefficient (Wildman–Crippen LogP) is 2.34. The largest absolute Gasteiger partial charge is 0.388 e. The molecule has 1 aromatic carbocycles. The Bertz CT molecular complexity index is 669. The average molecular weight is 311 g/mol. The zero-order valence-electron chi connectivity index (χ0n) is 13.0. The summed E-state index contributed by atoms with van der Waals surface area (Å²) in [6.07, 6.45) is 4.33. The highest BCUT2D eigenvalue weighted by Gasteiger charge is 2.33. The highest BCUT2D eigenvalue weighted by Crippen LogP contribution is 2.31. The highest BCUT2D eigenvalue weighted by molar-refractivity contribution is 5.93. The summed E-state index contributed by atoms with van der Waals surface area (Å²) in [4.78, 5) is 16.3. The minimum absolute atomic E-state index is 0.208. The van der Waals surface area contributed by atoms with Gasteiger partial charge in [-0.25, -0.2) is 0 Å². The highest BCUT2D eigenvalue weighted by atomic mass is 16.3. The summed E-state index contributed by atoms with van der Waals surface area (Å²) in [5.74, 6) is -0.208. The summed E-state index contributed by atoms with van der Waals surface area (Å²) in [5.41, 5.74) is 1.61. The number of amides is 1. The number of anilines is 1. The minimum Gasteiger partial charge on any atom is -0.388 e. The van der Waals surface area contributed by atoms with E-state index in [4.69, 9.17) is 0 Å². The summed E-state index contributed by atoms with van der Waals surface area (Å²) in [5, 5.41) is 16.1. The molecule has 1 saturated carbocycles. The first-order valence-corrected chi connectivity index (χ1v) is 7.89. The van der Waals surface area contributed by atoms with Crippen LogP contribution in [0, 0.1) is 0 Å². The molecular weight excluding hydrogens is 290 g/mol. The number of rotatable bonds is 6. The Labute approximate surface area is 135 Å². The molecule has 1 fully saturated rings. The molecule has 5 heteroatoms. The zero-order valence-corrected chi connectivity index (χ0v) is 13.0. The van der Waals surface area contributed by atoms with Gasteiger partial charge in [-0.3, -0.25) is 9.78 Å². The molecule has 23 heavy (non-hydrogen) atoms. The fourth-order valence-electron chi connectivity index (χ4n) is 2.56. The van der Waals surface area contributed by atoms with Gasteiger partial charge in [0.2, 0.25) is 0 Å². The standard InChI is InChI=1S/C18H21N3O2/c22-17(20-12-14-5-2-1-3-6-14)16-11-15(7-10-19-16)21-13-18(23)8-4-9-18/h1-3,5-7,10-11,23H,4,8-9,12-13H2,(H,19,21)(H,20,22). The Hall–Kier alpha value is -2.40. The summed E-state index contributed by atoms with van der Waals surface area (Å²) in [7, 11) is 0. The molecule has 5 nitrogen and oxygen atoms in total. The molecule has 0 unspecified atom stereocenters. The van der Waals surface area contributed by atoms with Gasteiger partial charge in [0.15, 0.2) is 0 Å². The Kier molecular flexibility index (Phi) is 4.57. The van der Waals surface area contributed by atoms with E-state index in [0.29, 0.717) is 18.8 Å². The normalized spacial score (nSPS) is 15.5. The first kappa shape index (κ1) is 15.5. The molecular formula is C18H21N3O2. The molecule has 3 N–H and O–H groups in total. The van der Waals surface area contributed by atoms with Crippen molar-refractivity contribution in [2.45, 2.75) is 31.4 Å². The van der Waals surface area contributed by atoms with Crippen LogP contribution in [-0.2, 0) is 6.54 Å². The molecule has 1 heterocycles. The second kappa shape index (κ2) is 6.79. The van der Waals surface area contributed by atoms with Crippen LogP contribution >= 0.6 is 0 Å². The second-order valence-electron chi connectivity index (χ2n) is 6.03. The summed E-state index contributed by atoms with van der Waals surface area (Å²) < 4.78 is 0. The van der Waals surface area contributed by atoms with Crippen molar-refractivity contribution in [3.8, 4) is 0 Å². The van der Waals surface area contributed by atoms with E-state index in [2.05, 4.69) is 15.6 Å². The van der Waals surface area contributed by atoms with Gasteiger partial charge < -0.3 is 15.7 Å². The molecule has 1 aromatic heterocycles. The molecule has 0 radical (unpaired) electrons. The third-order valence-corrected chi connectivity index (χ3v) is 4.19. The lowest BCUT2D eigenvalue weighted by atomic mass is 9.80. The summed E-state index contributed by atoms with van der Waals surface area (Å²) in [6.45, 7) is 0.973. The van der Waals surface area contributed by atoms with Gasteiger partial charge in [0, 0.05) is 25.0 Å².